The summed E-state index contributed by atoms with van der Waals surface area (Å²) in [5, 5.41) is 0. The predicted molar refractivity (Wildman–Crippen MR) is 79.0 cm³/mol. The van der Waals surface area contributed by atoms with Gasteiger partial charge in [-0.05, 0) is 52.4 Å². The van der Waals surface area contributed by atoms with Crippen molar-refractivity contribution in [2.45, 2.75) is 92.0 Å². The minimum absolute atomic E-state index is 0.329. The first kappa shape index (κ1) is 17.9. The fourth-order valence-electron chi connectivity index (χ4n) is 2.38. The first-order valence-corrected chi connectivity index (χ1v) is 7.76. The van der Waals surface area contributed by atoms with Crippen molar-refractivity contribution in [2.24, 2.45) is 5.92 Å². The van der Waals surface area contributed by atoms with Crippen LogP contribution in [0.5, 0.6) is 0 Å². The van der Waals surface area contributed by atoms with E-state index in [-0.39, 0.29) is 0 Å². The summed E-state index contributed by atoms with van der Waals surface area (Å²) < 4.78 is 11.7. The summed E-state index contributed by atoms with van der Waals surface area (Å²) in [5.41, 5.74) is 0. The average molecular weight is 258 g/mol. The van der Waals surface area contributed by atoms with Gasteiger partial charge in [0.2, 0.25) is 0 Å². The lowest BCUT2D eigenvalue weighted by molar-refractivity contribution is -0.00565. The monoisotopic (exact) mass is 258 g/mol. The van der Waals surface area contributed by atoms with E-state index in [1.807, 2.05) is 0 Å². The molecular formula is C16H34O2. The van der Waals surface area contributed by atoms with Crippen molar-refractivity contribution in [1.82, 2.24) is 0 Å². The second-order valence-electron chi connectivity index (χ2n) is 5.83. The smallest absolute Gasteiger partial charge is 0.0575 e. The molecule has 0 amide bonds. The first-order chi connectivity index (χ1) is 8.49. The van der Waals surface area contributed by atoms with Crippen molar-refractivity contribution in [1.29, 1.82) is 0 Å². The molecule has 0 saturated carbocycles. The zero-order valence-electron chi connectivity index (χ0n) is 13.4. The van der Waals surface area contributed by atoms with Crippen LogP contribution < -0.4 is 0 Å². The second kappa shape index (κ2) is 10.8. The molecule has 0 radical (unpaired) electrons. The third-order valence-electron chi connectivity index (χ3n) is 3.21. The second-order valence-corrected chi connectivity index (χ2v) is 5.83. The van der Waals surface area contributed by atoms with E-state index >= 15 is 0 Å². The van der Waals surface area contributed by atoms with Crippen molar-refractivity contribution >= 4 is 0 Å². The molecule has 0 saturated heterocycles. The molecule has 0 bridgehead atoms. The highest BCUT2D eigenvalue weighted by Crippen LogP contribution is 2.19. The van der Waals surface area contributed by atoms with E-state index in [1.165, 1.54) is 12.8 Å². The summed E-state index contributed by atoms with van der Waals surface area (Å²) in [7, 11) is 0. The predicted octanol–water partition coefficient (Wildman–Crippen LogP) is 4.81. The van der Waals surface area contributed by atoms with Gasteiger partial charge in [0.1, 0.15) is 0 Å². The SMILES string of the molecule is CCCCOC(CC)CC(C)CC(C)OC(C)C. The van der Waals surface area contributed by atoms with E-state index in [9.17, 15) is 0 Å². The molecule has 2 heteroatoms. The molecule has 0 aliphatic heterocycles. The molecule has 3 unspecified atom stereocenters. The lowest BCUT2D eigenvalue weighted by atomic mass is 9.96. The molecule has 0 spiro atoms. The van der Waals surface area contributed by atoms with Gasteiger partial charge < -0.3 is 9.47 Å². The van der Waals surface area contributed by atoms with Crippen molar-refractivity contribution in [3.8, 4) is 0 Å². The summed E-state index contributed by atoms with van der Waals surface area (Å²) in [6, 6.07) is 0. The number of hydrogen-bond donors (Lipinski definition) is 0. The van der Waals surface area contributed by atoms with Gasteiger partial charge >= 0.3 is 0 Å². The Morgan fingerprint density at radius 2 is 1.61 bits per heavy atom. The van der Waals surface area contributed by atoms with E-state index in [2.05, 4.69) is 41.5 Å². The van der Waals surface area contributed by atoms with E-state index in [1.54, 1.807) is 0 Å². The van der Waals surface area contributed by atoms with Gasteiger partial charge in [-0.1, -0.05) is 27.2 Å². The van der Waals surface area contributed by atoms with Crippen LogP contribution in [-0.2, 0) is 9.47 Å². The van der Waals surface area contributed by atoms with Crippen molar-refractivity contribution in [2.75, 3.05) is 6.61 Å². The van der Waals surface area contributed by atoms with Gasteiger partial charge in [-0.3, -0.25) is 0 Å². The lowest BCUT2D eigenvalue weighted by Crippen LogP contribution is -2.21. The molecule has 110 valence electrons. The number of unbranched alkanes of at least 4 members (excludes halogenated alkanes) is 1. The maximum atomic E-state index is 5.92. The summed E-state index contributed by atoms with van der Waals surface area (Å²) in [6.45, 7) is 14.0. The van der Waals surface area contributed by atoms with Gasteiger partial charge in [-0.25, -0.2) is 0 Å². The Hall–Kier alpha value is -0.0800. The van der Waals surface area contributed by atoms with Gasteiger partial charge in [0.05, 0.1) is 18.3 Å². The summed E-state index contributed by atoms with van der Waals surface area (Å²) in [4.78, 5) is 0. The van der Waals surface area contributed by atoms with E-state index < -0.39 is 0 Å². The van der Waals surface area contributed by atoms with Crippen LogP contribution in [0.3, 0.4) is 0 Å². The normalized spacial score (nSPS) is 16.8. The largest absolute Gasteiger partial charge is 0.378 e. The highest BCUT2D eigenvalue weighted by Gasteiger charge is 2.15. The highest BCUT2D eigenvalue weighted by atomic mass is 16.5. The molecule has 18 heavy (non-hydrogen) atoms. The van der Waals surface area contributed by atoms with Gasteiger partial charge in [0.15, 0.2) is 0 Å². The van der Waals surface area contributed by atoms with Crippen LogP contribution in [0.1, 0.15) is 73.6 Å². The van der Waals surface area contributed by atoms with Gasteiger partial charge in [0.25, 0.3) is 0 Å². The molecule has 0 heterocycles. The van der Waals surface area contributed by atoms with Crippen LogP contribution in [0.25, 0.3) is 0 Å². The Morgan fingerprint density at radius 3 is 2.11 bits per heavy atom. The molecule has 0 aromatic rings. The standard InChI is InChI=1S/C16H34O2/c1-7-9-10-17-16(8-2)12-14(5)11-15(6)18-13(3)4/h13-16H,7-12H2,1-6H3. The van der Waals surface area contributed by atoms with Gasteiger partial charge in [-0.15, -0.1) is 0 Å². The van der Waals surface area contributed by atoms with Crippen LogP contribution >= 0.6 is 0 Å². The Balaban J connectivity index is 3.84. The maximum absolute atomic E-state index is 5.92. The molecular weight excluding hydrogens is 224 g/mol. The fraction of sp³-hybridized carbons (Fsp3) is 1.00. The first-order valence-electron chi connectivity index (χ1n) is 7.76. The topological polar surface area (TPSA) is 18.5 Å². The van der Waals surface area contributed by atoms with E-state index in [0.29, 0.717) is 24.2 Å². The minimum atomic E-state index is 0.329. The van der Waals surface area contributed by atoms with E-state index in [0.717, 1.165) is 25.9 Å². The summed E-state index contributed by atoms with van der Waals surface area (Å²) in [6.07, 6.45) is 6.91. The molecule has 3 atom stereocenters. The Bertz CT molecular complexity index is 180. The lowest BCUT2D eigenvalue weighted by Gasteiger charge is -2.24. The summed E-state index contributed by atoms with van der Waals surface area (Å²) >= 11 is 0. The Kier molecular flexibility index (Phi) is 10.8. The maximum Gasteiger partial charge on any atom is 0.0575 e. The number of hydrogen-bond acceptors (Lipinski definition) is 2. The van der Waals surface area contributed by atoms with Crippen molar-refractivity contribution < 1.29 is 9.47 Å². The van der Waals surface area contributed by atoms with Crippen LogP contribution in [0.4, 0.5) is 0 Å². The Labute approximate surface area is 114 Å². The highest BCUT2D eigenvalue weighted by molar-refractivity contribution is 4.66. The van der Waals surface area contributed by atoms with Crippen LogP contribution in [0, 0.1) is 5.92 Å². The summed E-state index contributed by atoms with van der Waals surface area (Å²) in [5.74, 6) is 0.672. The average Bonchev–Trinajstić information content (AvgIpc) is 2.26. The quantitative estimate of drug-likeness (QED) is 0.495. The molecule has 0 aromatic heterocycles. The molecule has 0 fully saturated rings. The molecule has 0 aliphatic rings. The van der Waals surface area contributed by atoms with Crippen LogP contribution in [0.15, 0.2) is 0 Å². The van der Waals surface area contributed by atoms with Gasteiger partial charge in [0, 0.05) is 6.61 Å². The molecule has 0 aromatic carbocycles. The molecule has 0 rings (SSSR count). The Morgan fingerprint density at radius 1 is 0.944 bits per heavy atom. The zero-order chi connectivity index (χ0) is 14.0. The molecule has 2 nitrogen and oxygen atoms in total. The third-order valence-corrected chi connectivity index (χ3v) is 3.21. The fourth-order valence-corrected chi connectivity index (χ4v) is 2.38. The van der Waals surface area contributed by atoms with E-state index in [4.69, 9.17) is 9.47 Å². The number of rotatable bonds is 11. The minimum Gasteiger partial charge on any atom is -0.378 e. The van der Waals surface area contributed by atoms with Crippen molar-refractivity contribution in [3.05, 3.63) is 0 Å². The van der Waals surface area contributed by atoms with Crippen LogP contribution in [-0.4, -0.2) is 24.9 Å². The number of ether oxygens (including phenoxy) is 2. The molecule has 0 aliphatic carbocycles. The zero-order valence-corrected chi connectivity index (χ0v) is 13.4. The van der Waals surface area contributed by atoms with Crippen molar-refractivity contribution in [3.63, 3.8) is 0 Å². The van der Waals surface area contributed by atoms with Crippen LogP contribution in [0.2, 0.25) is 0 Å². The third kappa shape index (κ3) is 9.90. The molecule has 0 N–H and O–H groups in total. The van der Waals surface area contributed by atoms with Gasteiger partial charge in [-0.2, -0.15) is 0 Å².